The summed E-state index contributed by atoms with van der Waals surface area (Å²) >= 11 is 1.27. The van der Waals surface area contributed by atoms with Crippen molar-refractivity contribution in [2.24, 2.45) is 0 Å². The van der Waals surface area contributed by atoms with E-state index in [-0.39, 0.29) is 17.2 Å². The van der Waals surface area contributed by atoms with Crippen LogP contribution in [0.3, 0.4) is 0 Å². The van der Waals surface area contributed by atoms with E-state index in [4.69, 9.17) is 4.98 Å². The second-order valence-electron chi connectivity index (χ2n) is 8.14. The molecule has 0 spiro atoms. The summed E-state index contributed by atoms with van der Waals surface area (Å²) in [5.41, 5.74) is 6.30. The summed E-state index contributed by atoms with van der Waals surface area (Å²) in [5.74, 6) is 0.0200. The summed E-state index contributed by atoms with van der Waals surface area (Å²) in [4.78, 5) is 31.1. The van der Waals surface area contributed by atoms with Crippen LogP contribution in [0.25, 0.3) is 16.6 Å². The summed E-state index contributed by atoms with van der Waals surface area (Å²) in [6.45, 7) is 8.03. The number of thioether (sulfide) groups is 1. The zero-order valence-electron chi connectivity index (χ0n) is 19.3. The van der Waals surface area contributed by atoms with Gasteiger partial charge in [-0.3, -0.25) is 14.2 Å². The number of nitrogens with zero attached hydrogens (tertiary/aromatic N) is 2. The lowest BCUT2D eigenvalue weighted by molar-refractivity contribution is -0.113. The van der Waals surface area contributed by atoms with Crippen LogP contribution in [0.5, 0.6) is 0 Å². The lowest BCUT2D eigenvalue weighted by Crippen LogP contribution is -2.24. The lowest BCUT2D eigenvalue weighted by atomic mass is 10.1. The minimum absolute atomic E-state index is 0.126. The van der Waals surface area contributed by atoms with Gasteiger partial charge in [0.05, 0.1) is 22.3 Å². The van der Waals surface area contributed by atoms with E-state index >= 15 is 0 Å². The number of rotatable bonds is 6. The van der Waals surface area contributed by atoms with E-state index in [1.165, 1.54) is 11.8 Å². The SMILES string of the molecule is CCc1cccc(C)c1NC(=O)CSc1nc2ccccc2c(=O)n1-c1cc(C)ccc1C. The summed E-state index contributed by atoms with van der Waals surface area (Å²) in [6.07, 6.45) is 0.836. The number of hydrogen-bond acceptors (Lipinski definition) is 4. The predicted molar refractivity (Wildman–Crippen MR) is 137 cm³/mol. The number of nitrogens with one attached hydrogen (secondary N) is 1. The molecule has 0 fully saturated rings. The van der Waals surface area contributed by atoms with Gasteiger partial charge in [0.2, 0.25) is 5.91 Å². The molecule has 0 bridgehead atoms. The first-order chi connectivity index (χ1) is 15.9. The number of para-hydroxylation sites is 2. The number of aryl methyl sites for hydroxylation is 4. The first kappa shape index (κ1) is 22.8. The van der Waals surface area contributed by atoms with Crippen LogP contribution in [0, 0.1) is 20.8 Å². The molecule has 33 heavy (non-hydrogen) atoms. The Morgan fingerprint density at radius 2 is 1.79 bits per heavy atom. The molecule has 1 N–H and O–H groups in total. The van der Waals surface area contributed by atoms with Crippen LogP contribution in [0.1, 0.15) is 29.2 Å². The van der Waals surface area contributed by atoms with Crippen molar-refractivity contribution in [2.75, 3.05) is 11.1 Å². The second kappa shape index (κ2) is 9.63. The van der Waals surface area contributed by atoms with Gasteiger partial charge in [-0.2, -0.15) is 0 Å². The largest absolute Gasteiger partial charge is 0.325 e. The molecule has 0 aliphatic carbocycles. The number of carbonyl (C=O) groups excluding carboxylic acids is 1. The quantitative estimate of drug-likeness (QED) is 0.302. The Balaban J connectivity index is 1.71. The van der Waals surface area contributed by atoms with Crippen LogP contribution in [-0.2, 0) is 11.2 Å². The van der Waals surface area contributed by atoms with Crippen molar-refractivity contribution >= 4 is 34.3 Å². The molecule has 4 aromatic rings. The van der Waals surface area contributed by atoms with Crippen LogP contribution in [0.2, 0.25) is 0 Å². The minimum atomic E-state index is -0.135. The van der Waals surface area contributed by atoms with Gasteiger partial charge in [0.25, 0.3) is 5.56 Å². The highest BCUT2D eigenvalue weighted by Gasteiger charge is 2.17. The summed E-state index contributed by atoms with van der Waals surface area (Å²) in [5, 5.41) is 4.11. The molecule has 6 heteroatoms. The number of benzene rings is 3. The standard InChI is InChI=1S/C27H27N3O2S/c1-5-20-10-8-9-19(4)25(20)29-24(31)16-33-27-28-22-12-7-6-11-21(22)26(32)30(27)23-15-17(2)13-14-18(23)3/h6-15H,5,16H2,1-4H3,(H,29,31). The average Bonchev–Trinajstić information content (AvgIpc) is 2.81. The van der Waals surface area contributed by atoms with Gasteiger partial charge in [-0.05, 0) is 67.6 Å². The monoisotopic (exact) mass is 457 g/mol. The van der Waals surface area contributed by atoms with Crippen molar-refractivity contribution in [1.29, 1.82) is 0 Å². The maximum absolute atomic E-state index is 13.5. The molecule has 1 heterocycles. The van der Waals surface area contributed by atoms with E-state index in [1.54, 1.807) is 10.6 Å². The summed E-state index contributed by atoms with van der Waals surface area (Å²) < 4.78 is 1.63. The number of amides is 1. The molecule has 0 aliphatic heterocycles. The van der Waals surface area contributed by atoms with E-state index in [1.807, 2.05) is 75.4 Å². The van der Waals surface area contributed by atoms with Gasteiger partial charge in [0, 0.05) is 5.69 Å². The van der Waals surface area contributed by atoms with E-state index < -0.39 is 0 Å². The van der Waals surface area contributed by atoms with Crippen molar-refractivity contribution in [3.05, 3.63) is 93.3 Å². The lowest BCUT2D eigenvalue weighted by Gasteiger charge is -2.16. The van der Waals surface area contributed by atoms with Gasteiger partial charge in [-0.15, -0.1) is 0 Å². The predicted octanol–water partition coefficient (Wildman–Crippen LogP) is 5.60. The first-order valence-electron chi connectivity index (χ1n) is 11.0. The summed E-state index contributed by atoms with van der Waals surface area (Å²) in [7, 11) is 0. The molecule has 3 aromatic carbocycles. The fourth-order valence-electron chi connectivity index (χ4n) is 3.89. The van der Waals surface area contributed by atoms with Crippen molar-refractivity contribution < 1.29 is 4.79 Å². The van der Waals surface area contributed by atoms with Crippen LogP contribution in [0.15, 0.2) is 70.6 Å². The number of hydrogen-bond donors (Lipinski definition) is 1. The van der Waals surface area contributed by atoms with Gasteiger partial charge < -0.3 is 5.32 Å². The average molecular weight is 458 g/mol. The number of carbonyl (C=O) groups is 1. The molecule has 0 radical (unpaired) electrons. The molecular weight excluding hydrogens is 430 g/mol. The molecule has 0 saturated heterocycles. The zero-order valence-corrected chi connectivity index (χ0v) is 20.1. The Morgan fingerprint density at radius 1 is 1.00 bits per heavy atom. The number of fused-ring (bicyclic) bond motifs is 1. The molecule has 0 aliphatic rings. The van der Waals surface area contributed by atoms with E-state index in [2.05, 4.69) is 12.2 Å². The highest BCUT2D eigenvalue weighted by Crippen LogP contribution is 2.25. The van der Waals surface area contributed by atoms with Crippen molar-refractivity contribution in [1.82, 2.24) is 9.55 Å². The first-order valence-corrected chi connectivity index (χ1v) is 12.0. The molecule has 0 saturated carbocycles. The topological polar surface area (TPSA) is 64.0 Å². The third-order valence-corrected chi connectivity index (χ3v) is 6.63. The van der Waals surface area contributed by atoms with Crippen LogP contribution in [-0.4, -0.2) is 21.2 Å². The van der Waals surface area contributed by atoms with Gasteiger partial charge >= 0.3 is 0 Å². The Morgan fingerprint density at radius 3 is 2.58 bits per heavy atom. The van der Waals surface area contributed by atoms with Gasteiger partial charge in [-0.1, -0.05) is 61.2 Å². The Labute approximate surface area is 197 Å². The maximum Gasteiger partial charge on any atom is 0.266 e. The maximum atomic E-state index is 13.5. The minimum Gasteiger partial charge on any atom is -0.325 e. The third-order valence-electron chi connectivity index (χ3n) is 5.69. The molecule has 1 aromatic heterocycles. The zero-order chi connectivity index (χ0) is 23.5. The molecule has 5 nitrogen and oxygen atoms in total. The third kappa shape index (κ3) is 4.71. The molecule has 4 rings (SSSR count). The van der Waals surface area contributed by atoms with Crippen molar-refractivity contribution in [3.8, 4) is 5.69 Å². The molecule has 0 atom stereocenters. The highest BCUT2D eigenvalue weighted by molar-refractivity contribution is 7.99. The van der Waals surface area contributed by atoms with Crippen molar-refractivity contribution in [2.45, 2.75) is 39.3 Å². The Kier molecular flexibility index (Phi) is 6.65. The Hall–Kier alpha value is -3.38. The van der Waals surface area contributed by atoms with E-state index in [0.29, 0.717) is 16.1 Å². The smallest absolute Gasteiger partial charge is 0.266 e. The second-order valence-corrected chi connectivity index (χ2v) is 9.08. The number of anilines is 1. The number of aromatic nitrogens is 2. The van der Waals surface area contributed by atoms with E-state index in [0.717, 1.165) is 40.0 Å². The normalized spacial score (nSPS) is 11.0. The van der Waals surface area contributed by atoms with Gasteiger partial charge in [-0.25, -0.2) is 4.98 Å². The van der Waals surface area contributed by atoms with Crippen molar-refractivity contribution in [3.63, 3.8) is 0 Å². The van der Waals surface area contributed by atoms with Gasteiger partial charge in [0.1, 0.15) is 0 Å². The van der Waals surface area contributed by atoms with Gasteiger partial charge in [0.15, 0.2) is 5.16 Å². The Bertz CT molecular complexity index is 1410. The van der Waals surface area contributed by atoms with Crippen LogP contribution < -0.4 is 10.9 Å². The summed E-state index contributed by atoms with van der Waals surface area (Å²) in [6, 6.07) is 19.3. The molecule has 1 amide bonds. The highest BCUT2D eigenvalue weighted by atomic mass is 32.2. The van der Waals surface area contributed by atoms with Crippen LogP contribution >= 0.6 is 11.8 Å². The molecule has 168 valence electrons. The van der Waals surface area contributed by atoms with Crippen LogP contribution in [0.4, 0.5) is 5.69 Å². The molecule has 0 unspecified atom stereocenters. The van der Waals surface area contributed by atoms with E-state index in [9.17, 15) is 9.59 Å². The fraction of sp³-hybridized carbons (Fsp3) is 0.222. The fourth-order valence-corrected chi connectivity index (χ4v) is 4.70. The molecular formula is C27H27N3O2S.